The third-order valence-electron chi connectivity index (χ3n) is 4.19. The minimum Gasteiger partial charge on any atom is -0.457 e. The number of para-hydroxylation sites is 1. The molecule has 6 nitrogen and oxygen atoms in total. The Morgan fingerprint density at radius 1 is 0.931 bits per heavy atom. The van der Waals surface area contributed by atoms with Crippen LogP contribution in [0, 0.1) is 6.92 Å². The van der Waals surface area contributed by atoms with Gasteiger partial charge in [0.15, 0.2) is 9.84 Å². The molecular formula is C22H22N2O4S. The molecule has 0 atom stereocenters. The molecule has 0 saturated heterocycles. The Balaban J connectivity index is 1.57. The summed E-state index contributed by atoms with van der Waals surface area (Å²) < 4.78 is 29.1. The molecule has 7 heteroatoms. The van der Waals surface area contributed by atoms with Crippen molar-refractivity contribution in [1.82, 2.24) is 0 Å². The van der Waals surface area contributed by atoms with Crippen LogP contribution in [0.1, 0.15) is 5.56 Å². The number of hydrogen-bond acceptors (Lipinski definition) is 5. The van der Waals surface area contributed by atoms with Crippen molar-refractivity contribution in [2.45, 2.75) is 11.8 Å². The minimum absolute atomic E-state index is 0.0102. The number of hydrogen-bond donors (Lipinski definition) is 2. The van der Waals surface area contributed by atoms with Crippen molar-refractivity contribution in [2.24, 2.45) is 0 Å². The van der Waals surface area contributed by atoms with Crippen LogP contribution in [0.2, 0.25) is 0 Å². The molecule has 29 heavy (non-hydrogen) atoms. The zero-order valence-corrected chi connectivity index (χ0v) is 17.0. The van der Waals surface area contributed by atoms with E-state index in [1.165, 1.54) is 6.07 Å². The van der Waals surface area contributed by atoms with Gasteiger partial charge in [-0.25, -0.2) is 8.42 Å². The Labute approximate surface area is 170 Å². The van der Waals surface area contributed by atoms with Crippen LogP contribution in [0.15, 0.2) is 77.7 Å². The van der Waals surface area contributed by atoms with Crippen LogP contribution in [0.4, 0.5) is 11.4 Å². The Bertz CT molecular complexity index is 1100. The number of amides is 1. The Morgan fingerprint density at radius 3 is 2.24 bits per heavy atom. The second-order valence-corrected chi connectivity index (χ2v) is 8.61. The number of anilines is 2. The van der Waals surface area contributed by atoms with Gasteiger partial charge in [-0.15, -0.1) is 0 Å². The summed E-state index contributed by atoms with van der Waals surface area (Å²) in [7, 11) is -3.31. The molecule has 0 aliphatic rings. The lowest BCUT2D eigenvalue weighted by atomic mass is 10.2. The van der Waals surface area contributed by atoms with E-state index < -0.39 is 9.84 Å². The van der Waals surface area contributed by atoms with Gasteiger partial charge >= 0.3 is 0 Å². The highest BCUT2D eigenvalue weighted by molar-refractivity contribution is 7.90. The zero-order chi connectivity index (χ0) is 20.9. The van der Waals surface area contributed by atoms with Gasteiger partial charge in [0, 0.05) is 17.6 Å². The lowest BCUT2D eigenvalue weighted by molar-refractivity contribution is -0.114. The quantitative estimate of drug-likeness (QED) is 0.609. The molecule has 150 valence electrons. The molecule has 0 fully saturated rings. The summed E-state index contributed by atoms with van der Waals surface area (Å²) in [5.41, 5.74) is 2.10. The molecule has 0 bridgehead atoms. The predicted molar refractivity (Wildman–Crippen MR) is 114 cm³/mol. The number of sulfone groups is 1. The van der Waals surface area contributed by atoms with Gasteiger partial charge < -0.3 is 15.4 Å². The average Bonchev–Trinajstić information content (AvgIpc) is 2.69. The topological polar surface area (TPSA) is 84.5 Å². The van der Waals surface area contributed by atoms with Crippen LogP contribution in [0.3, 0.4) is 0 Å². The van der Waals surface area contributed by atoms with Gasteiger partial charge in [0.25, 0.3) is 0 Å². The highest BCUT2D eigenvalue weighted by Crippen LogP contribution is 2.23. The molecule has 2 N–H and O–H groups in total. The van der Waals surface area contributed by atoms with Gasteiger partial charge in [0.1, 0.15) is 11.5 Å². The number of rotatable bonds is 7. The van der Waals surface area contributed by atoms with E-state index in [4.69, 9.17) is 4.74 Å². The molecule has 3 rings (SSSR count). The maximum absolute atomic E-state index is 12.2. The van der Waals surface area contributed by atoms with Gasteiger partial charge in [-0.3, -0.25) is 4.79 Å². The number of benzene rings is 3. The van der Waals surface area contributed by atoms with E-state index in [0.29, 0.717) is 17.1 Å². The summed E-state index contributed by atoms with van der Waals surface area (Å²) in [4.78, 5) is 12.4. The lowest BCUT2D eigenvalue weighted by Crippen LogP contribution is -2.22. The van der Waals surface area contributed by atoms with Crippen molar-refractivity contribution in [3.63, 3.8) is 0 Å². The highest BCUT2D eigenvalue weighted by Gasteiger charge is 2.10. The van der Waals surface area contributed by atoms with Gasteiger partial charge in [0.2, 0.25) is 5.91 Å². The van der Waals surface area contributed by atoms with Crippen LogP contribution in [0.5, 0.6) is 11.5 Å². The van der Waals surface area contributed by atoms with Gasteiger partial charge in [-0.2, -0.15) is 0 Å². The maximum Gasteiger partial charge on any atom is 0.243 e. The molecule has 0 unspecified atom stereocenters. The first-order valence-electron chi connectivity index (χ1n) is 8.99. The molecule has 0 aromatic heterocycles. The van der Waals surface area contributed by atoms with E-state index in [-0.39, 0.29) is 17.3 Å². The van der Waals surface area contributed by atoms with Gasteiger partial charge in [-0.1, -0.05) is 24.3 Å². The fourth-order valence-corrected chi connectivity index (χ4v) is 3.28. The Kier molecular flexibility index (Phi) is 6.19. The SMILES string of the molecule is Cc1ccc(S(C)(=O)=O)cc1NCC(=O)Nc1ccc(Oc2ccccc2)cc1. The molecule has 3 aromatic rings. The third-order valence-corrected chi connectivity index (χ3v) is 5.30. The smallest absolute Gasteiger partial charge is 0.243 e. The van der Waals surface area contributed by atoms with Crippen LogP contribution >= 0.6 is 0 Å². The molecule has 3 aromatic carbocycles. The molecule has 1 amide bonds. The van der Waals surface area contributed by atoms with E-state index in [0.717, 1.165) is 17.6 Å². The first kappa shape index (κ1) is 20.4. The summed E-state index contributed by atoms with van der Waals surface area (Å²) in [6, 6.07) is 21.3. The van der Waals surface area contributed by atoms with Crippen molar-refractivity contribution in [3.05, 3.63) is 78.4 Å². The number of aryl methyl sites for hydroxylation is 1. The Morgan fingerprint density at radius 2 is 1.59 bits per heavy atom. The summed E-state index contributed by atoms with van der Waals surface area (Å²) in [6.45, 7) is 1.86. The normalized spacial score (nSPS) is 11.0. The number of carbonyl (C=O) groups is 1. The molecule has 0 aliphatic carbocycles. The van der Waals surface area contributed by atoms with Crippen LogP contribution in [0.25, 0.3) is 0 Å². The maximum atomic E-state index is 12.2. The zero-order valence-electron chi connectivity index (χ0n) is 16.2. The molecular weight excluding hydrogens is 388 g/mol. The van der Waals surface area contributed by atoms with E-state index in [1.54, 1.807) is 36.4 Å². The fourth-order valence-electron chi connectivity index (χ4n) is 2.63. The van der Waals surface area contributed by atoms with Crippen molar-refractivity contribution < 1.29 is 17.9 Å². The van der Waals surface area contributed by atoms with Gasteiger partial charge in [0.05, 0.1) is 11.4 Å². The Hall–Kier alpha value is -3.32. The average molecular weight is 410 g/mol. The molecule has 0 spiro atoms. The van der Waals surface area contributed by atoms with Crippen molar-refractivity contribution in [1.29, 1.82) is 0 Å². The summed E-state index contributed by atoms with van der Waals surface area (Å²) in [6.07, 6.45) is 1.15. The first-order chi connectivity index (χ1) is 13.8. The predicted octanol–water partition coefficient (Wildman–Crippen LogP) is 4.24. The standard InChI is InChI=1S/C22H22N2O4S/c1-16-8-13-20(29(2,26)27)14-21(16)23-15-22(25)24-17-9-11-19(12-10-17)28-18-6-4-3-5-7-18/h3-14,23H,15H2,1-2H3,(H,24,25). The third kappa shape index (κ3) is 5.83. The van der Waals surface area contributed by atoms with Crippen molar-refractivity contribution >= 4 is 27.1 Å². The second kappa shape index (κ2) is 8.79. The summed E-state index contributed by atoms with van der Waals surface area (Å²) >= 11 is 0. The molecule has 0 radical (unpaired) electrons. The number of nitrogens with one attached hydrogen (secondary N) is 2. The van der Waals surface area contributed by atoms with E-state index >= 15 is 0 Å². The molecule has 0 heterocycles. The van der Waals surface area contributed by atoms with Gasteiger partial charge in [-0.05, 0) is 61.0 Å². The first-order valence-corrected chi connectivity index (χ1v) is 10.9. The van der Waals surface area contributed by atoms with E-state index in [9.17, 15) is 13.2 Å². The summed E-state index contributed by atoms with van der Waals surface area (Å²) in [5, 5.41) is 5.78. The van der Waals surface area contributed by atoms with Crippen molar-refractivity contribution in [3.8, 4) is 11.5 Å². The minimum atomic E-state index is -3.31. The monoisotopic (exact) mass is 410 g/mol. The molecule has 0 aliphatic heterocycles. The van der Waals surface area contributed by atoms with Crippen LogP contribution in [-0.2, 0) is 14.6 Å². The van der Waals surface area contributed by atoms with Crippen LogP contribution in [-0.4, -0.2) is 27.1 Å². The van der Waals surface area contributed by atoms with E-state index in [2.05, 4.69) is 10.6 Å². The highest BCUT2D eigenvalue weighted by atomic mass is 32.2. The molecule has 0 saturated carbocycles. The second-order valence-electron chi connectivity index (χ2n) is 6.59. The number of ether oxygens (including phenoxy) is 1. The largest absolute Gasteiger partial charge is 0.457 e. The van der Waals surface area contributed by atoms with E-state index in [1.807, 2.05) is 37.3 Å². The fraction of sp³-hybridized carbons (Fsp3) is 0.136. The van der Waals surface area contributed by atoms with Crippen LogP contribution < -0.4 is 15.4 Å². The van der Waals surface area contributed by atoms with Crippen molar-refractivity contribution in [2.75, 3.05) is 23.4 Å². The lowest BCUT2D eigenvalue weighted by Gasteiger charge is -2.12. The number of carbonyl (C=O) groups excluding carboxylic acids is 1. The summed E-state index contributed by atoms with van der Waals surface area (Å²) in [5.74, 6) is 1.16.